The SMILES string of the molecule is c1cnc(-n2c3cc(-n4c5c6ccccc6oc5c5oc6ccccc6c54)ccc3c3ccc(-n4c5c6ccccc6oc5c5oc6ccccc6c54)cc32)nc1. The maximum Gasteiger partial charge on any atom is 0.234 e. The van der Waals surface area contributed by atoms with Crippen LogP contribution < -0.4 is 0 Å². The van der Waals surface area contributed by atoms with Crippen LogP contribution in [0.4, 0.5) is 0 Å². The smallest absolute Gasteiger partial charge is 0.234 e. The Morgan fingerprint density at radius 1 is 0.333 bits per heavy atom. The third-order valence-corrected chi connectivity index (χ3v) is 11.6. The standard InChI is InChI=1S/C48H25N5O4/c1-5-14-36-30(10-1)40-44(54-36)45-41(31-11-2-6-15-37(31)55-45)51(40)26-18-20-28-29-21-19-27(25-35(29)53(34(28)24-26)48-49-22-9-23-50-48)52-42-32-12-3-7-16-38(32)56-46(42)47-43(52)33-13-4-8-17-39(33)57-47/h1-25H. The van der Waals surface area contributed by atoms with Gasteiger partial charge in [0.25, 0.3) is 0 Å². The van der Waals surface area contributed by atoms with Crippen LogP contribution >= 0.6 is 0 Å². The zero-order valence-corrected chi connectivity index (χ0v) is 29.8. The number of hydrogen-bond acceptors (Lipinski definition) is 6. The number of nitrogens with zero attached hydrogens (tertiary/aromatic N) is 5. The van der Waals surface area contributed by atoms with E-state index in [1.807, 2.05) is 78.9 Å². The number of benzene rings is 6. The van der Waals surface area contributed by atoms with Gasteiger partial charge >= 0.3 is 0 Å². The maximum atomic E-state index is 6.52. The number of furan rings is 4. The molecule has 8 heterocycles. The second kappa shape index (κ2) is 10.4. The van der Waals surface area contributed by atoms with E-state index in [0.29, 0.717) is 5.95 Å². The minimum atomic E-state index is 0.572. The van der Waals surface area contributed by atoms with Crippen molar-refractivity contribution in [3.8, 4) is 17.3 Å². The van der Waals surface area contributed by atoms with Gasteiger partial charge in [-0.05, 0) is 78.9 Å². The maximum absolute atomic E-state index is 6.52. The van der Waals surface area contributed by atoms with Gasteiger partial charge in [0.05, 0.1) is 11.0 Å². The molecule has 8 aromatic heterocycles. The van der Waals surface area contributed by atoms with Crippen molar-refractivity contribution in [3.05, 3.63) is 152 Å². The summed E-state index contributed by atoms with van der Waals surface area (Å²) in [5.41, 5.74) is 13.8. The van der Waals surface area contributed by atoms with Crippen LogP contribution in [0.25, 0.3) is 127 Å². The minimum Gasteiger partial charge on any atom is -0.450 e. The van der Waals surface area contributed by atoms with E-state index in [4.69, 9.17) is 27.6 Å². The highest BCUT2D eigenvalue weighted by molar-refractivity contribution is 6.22. The van der Waals surface area contributed by atoms with Crippen molar-refractivity contribution in [3.63, 3.8) is 0 Å². The molecule has 6 aromatic carbocycles. The van der Waals surface area contributed by atoms with Gasteiger partial charge in [0.15, 0.2) is 22.3 Å². The molecular weight excluding hydrogens is 711 g/mol. The Bertz CT molecular complexity index is 3580. The topological polar surface area (TPSA) is 93.1 Å². The highest BCUT2D eigenvalue weighted by Crippen LogP contribution is 2.46. The van der Waals surface area contributed by atoms with Crippen LogP contribution in [0.5, 0.6) is 0 Å². The lowest BCUT2D eigenvalue weighted by molar-refractivity contribution is 0.634. The summed E-state index contributed by atoms with van der Waals surface area (Å²) >= 11 is 0. The number of rotatable bonds is 3. The van der Waals surface area contributed by atoms with E-state index in [1.165, 1.54) is 0 Å². The molecule has 0 fully saturated rings. The third kappa shape index (κ3) is 3.68. The molecule has 9 heteroatoms. The largest absolute Gasteiger partial charge is 0.450 e. The summed E-state index contributed by atoms with van der Waals surface area (Å²) in [7, 11) is 0. The predicted octanol–water partition coefficient (Wildman–Crippen LogP) is 12.8. The summed E-state index contributed by atoms with van der Waals surface area (Å²) in [6.07, 6.45) is 3.58. The Hall–Kier alpha value is -8.04. The Morgan fingerprint density at radius 2 is 0.684 bits per heavy atom. The number of aromatic nitrogens is 5. The highest BCUT2D eigenvalue weighted by Gasteiger charge is 2.27. The molecule has 0 unspecified atom stereocenters. The van der Waals surface area contributed by atoms with E-state index in [9.17, 15) is 0 Å². The van der Waals surface area contributed by atoms with E-state index in [1.54, 1.807) is 12.4 Å². The van der Waals surface area contributed by atoms with E-state index >= 15 is 0 Å². The Balaban J connectivity index is 1.10. The van der Waals surface area contributed by atoms with Crippen LogP contribution in [0.2, 0.25) is 0 Å². The van der Waals surface area contributed by atoms with E-state index < -0.39 is 0 Å². The predicted molar refractivity (Wildman–Crippen MR) is 224 cm³/mol. The molecule has 14 aromatic rings. The van der Waals surface area contributed by atoms with Crippen molar-refractivity contribution in [2.24, 2.45) is 0 Å². The lowest BCUT2D eigenvalue weighted by Gasteiger charge is -2.10. The van der Waals surface area contributed by atoms with Crippen molar-refractivity contribution < 1.29 is 17.7 Å². The number of fused-ring (bicyclic) bond motifs is 17. The molecule has 0 aliphatic carbocycles. The normalized spacial score (nSPS) is 12.6. The second-order valence-electron chi connectivity index (χ2n) is 14.6. The van der Waals surface area contributed by atoms with Gasteiger partial charge in [0, 0.05) is 56.1 Å². The molecule has 0 aliphatic heterocycles. The average molecular weight is 736 g/mol. The van der Waals surface area contributed by atoms with E-state index in [-0.39, 0.29) is 0 Å². The van der Waals surface area contributed by atoms with E-state index in [2.05, 4.69) is 74.4 Å². The summed E-state index contributed by atoms with van der Waals surface area (Å²) in [4.78, 5) is 9.63. The summed E-state index contributed by atoms with van der Waals surface area (Å²) in [5.74, 6) is 0.572. The quantitative estimate of drug-likeness (QED) is 0.179. The average Bonchev–Trinajstić information content (AvgIpc) is 4.12. The minimum absolute atomic E-state index is 0.572. The van der Waals surface area contributed by atoms with Gasteiger partial charge < -0.3 is 26.8 Å². The summed E-state index contributed by atoms with van der Waals surface area (Å²) in [6, 6.07) is 47.7. The Labute approximate surface area is 319 Å². The first-order valence-corrected chi connectivity index (χ1v) is 18.8. The first kappa shape index (κ1) is 29.3. The van der Waals surface area contributed by atoms with Gasteiger partial charge in [-0.2, -0.15) is 0 Å². The molecule has 0 atom stereocenters. The molecule has 57 heavy (non-hydrogen) atoms. The van der Waals surface area contributed by atoms with Crippen LogP contribution in [-0.4, -0.2) is 23.7 Å². The zero-order valence-electron chi connectivity index (χ0n) is 29.8. The molecule has 0 saturated carbocycles. The molecule has 0 aliphatic rings. The van der Waals surface area contributed by atoms with Crippen LogP contribution in [0.15, 0.2) is 170 Å². The fraction of sp³-hybridized carbons (Fsp3) is 0. The van der Waals surface area contributed by atoms with Gasteiger partial charge in [-0.3, -0.25) is 4.57 Å². The molecule has 14 rings (SSSR count). The summed E-state index contributed by atoms with van der Waals surface area (Å²) < 4.78 is 32.8. The van der Waals surface area contributed by atoms with E-state index in [0.717, 1.165) is 121 Å². The molecule has 266 valence electrons. The first-order valence-electron chi connectivity index (χ1n) is 18.8. The molecule has 0 amide bonds. The summed E-state index contributed by atoms with van der Waals surface area (Å²) in [6.45, 7) is 0. The van der Waals surface area contributed by atoms with Gasteiger partial charge in [0.2, 0.25) is 5.95 Å². The van der Waals surface area contributed by atoms with Crippen molar-refractivity contribution in [2.75, 3.05) is 0 Å². The van der Waals surface area contributed by atoms with Gasteiger partial charge in [0.1, 0.15) is 44.4 Å². The molecule has 0 radical (unpaired) electrons. The second-order valence-corrected chi connectivity index (χ2v) is 14.6. The van der Waals surface area contributed by atoms with Crippen molar-refractivity contribution in [2.45, 2.75) is 0 Å². The van der Waals surface area contributed by atoms with Crippen LogP contribution in [0.3, 0.4) is 0 Å². The van der Waals surface area contributed by atoms with Crippen LogP contribution in [-0.2, 0) is 0 Å². The molecule has 0 spiro atoms. The first-order chi connectivity index (χ1) is 28.3. The third-order valence-electron chi connectivity index (χ3n) is 11.6. The molecule has 9 nitrogen and oxygen atoms in total. The highest BCUT2D eigenvalue weighted by atomic mass is 16.4. The fourth-order valence-electron chi connectivity index (χ4n) is 9.27. The van der Waals surface area contributed by atoms with Gasteiger partial charge in [-0.15, -0.1) is 0 Å². The summed E-state index contributed by atoms with van der Waals surface area (Å²) in [5, 5.41) is 6.22. The number of hydrogen-bond donors (Lipinski definition) is 0. The molecule has 0 saturated heterocycles. The Kier molecular flexibility index (Phi) is 5.34. The lowest BCUT2D eigenvalue weighted by Crippen LogP contribution is -2.01. The van der Waals surface area contributed by atoms with Crippen molar-refractivity contribution >= 4 is 110 Å². The van der Waals surface area contributed by atoms with Gasteiger partial charge in [-0.25, -0.2) is 9.97 Å². The fourth-order valence-corrected chi connectivity index (χ4v) is 9.27. The number of para-hydroxylation sites is 4. The monoisotopic (exact) mass is 735 g/mol. The van der Waals surface area contributed by atoms with Crippen LogP contribution in [0.1, 0.15) is 0 Å². The molecule has 0 N–H and O–H groups in total. The Morgan fingerprint density at radius 3 is 1.05 bits per heavy atom. The molecule has 0 bridgehead atoms. The van der Waals surface area contributed by atoms with Crippen molar-refractivity contribution in [1.29, 1.82) is 0 Å². The van der Waals surface area contributed by atoms with Gasteiger partial charge in [-0.1, -0.05) is 60.7 Å². The van der Waals surface area contributed by atoms with Crippen molar-refractivity contribution in [1.82, 2.24) is 23.7 Å². The molecular formula is C48H25N5O4. The lowest BCUT2D eigenvalue weighted by atomic mass is 10.1. The van der Waals surface area contributed by atoms with Crippen LogP contribution in [0, 0.1) is 0 Å². The zero-order chi connectivity index (χ0) is 36.9.